The Hall–Kier alpha value is -2.57. The van der Waals surface area contributed by atoms with Gasteiger partial charge in [-0.3, -0.25) is 0 Å². The Labute approximate surface area is 166 Å². The number of rotatable bonds is 11. The number of carbonyl (C=O) groups is 1. The third-order valence-corrected chi connectivity index (χ3v) is 4.99. The van der Waals surface area contributed by atoms with E-state index in [9.17, 15) is 4.79 Å². The van der Waals surface area contributed by atoms with Crippen LogP contribution in [0, 0.1) is 5.92 Å². The first kappa shape index (κ1) is 20.2. The van der Waals surface area contributed by atoms with Gasteiger partial charge in [-0.1, -0.05) is 38.3 Å². The number of nitrogens with one attached hydrogen (secondary N) is 2. The second-order valence-electron chi connectivity index (χ2n) is 7.39. The van der Waals surface area contributed by atoms with Gasteiger partial charge in [0, 0.05) is 18.2 Å². The molecule has 0 aliphatic heterocycles. The van der Waals surface area contributed by atoms with Crippen molar-refractivity contribution < 1.29 is 14.1 Å². The largest absolute Gasteiger partial charge is 0.485 e. The van der Waals surface area contributed by atoms with Crippen molar-refractivity contribution in [3.63, 3.8) is 0 Å². The lowest BCUT2D eigenvalue weighted by atomic mass is 9.99. The summed E-state index contributed by atoms with van der Waals surface area (Å²) in [5.74, 6) is 2.93. The molecular formula is C21H30N4O3. The zero-order chi connectivity index (χ0) is 19.8. The smallest absolute Gasteiger partial charge is 0.319 e. The zero-order valence-corrected chi connectivity index (χ0v) is 16.7. The molecule has 0 bridgehead atoms. The molecule has 1 heterocycles. The Morgan fingerprint density at radius 3 is 2.75 bits per heavy atom. The van der Waals surface area contributed by atoms with Crippen molar-refractivity contribution in [1.29, 1.82) is 0 Å². The minimum atomic E-state index is -0.178. The minimum absolute atomic E-state index is 0.178. The highest BCUT2D eigenvalue weighted by atomic mass is 16.5. The van der Waals surface area contributed by atoms with Gasteiger partial charge in [-0.15, -0.1) is 0 Å². The topological polar surface area (TPSA) is 89.3 Å². The van der Waals surface area contributed by atoms with Crippen LogP contribution in [0.4, 0.5) is 10.5 Å². The van der Waals surface area contributed by atoms with Crippen LogP contribution in [0.25, 0.3) is 0 Å². The van der Waals surface area contributed by atoms with E-state index in [0.717, 1.165) is 31.4 Å². The number of benzene rings is 1. The fourth-order valence-corrected chi connectivity index (χ4v) is 2.96. The molecular weight excluding hydrogens is 356 g/mol. The third kappa shape index (κ3) is 6.25. The summed E-state index contributed by atoms with van der Waals surface area (Å²) < 4.78 is 10.9. The van der Waals surface area contributed by atoms with Gasteiger partial charge in [0.15, 0.2) is 6.61 Å². The highest BCUT2D eigenvalue weighted by molar-refractivity contribution is 5.89. The molecule has 1 atom stereocenters. The number of carbonyl (C=O) groups excluding carboxylic acids is 1. The summed E-state index contributed by atoms with van der Waals surface area (Å²) >= 11 is 0. The fourth-order valence-electron chi connectivity index (χ4n) is 2.96. The van der Waals surface area contributed by atoms with Crippen LogP contribution in [0.1, 0.15) is 70.0 Å². The number of amides is 2. The summed E-state index contributed by atoms with van der Waals surface area (Å²) in [6.45, 7) is 5.32. The monoisotopic (exact) mass is 386 g/mol. The van der Waals surface area contributed by atoms with Gasteiger partial charge >= 0.3 is 6.03 Å². The summed E-state index contributed by atoms with van der Waals surface area (Å²) in [5.41, 5.74) is 0.724. The molecule has 1 unspecified atom stereocenters. The normalized spacial score (nSPS) is 14.5. The van der Waals surface area contributed by atoms with Crippen LogP contribution in [-0.4, -0.2) is 22.7 Å². The van der Waals surface area contributed by atoms with Crippen molar-refractivity contribution in [2.24, 2.45) is 5.92 Å². The standard InChI is InChI=1S/C21H30N4O3/c1-3-5-6-15(4-2)13-22-21(26)23-17-9-11-18(12-10-17)27-14-19-24-20(28-25-19)16-7-8-16/h9-12,15-16H,3-8,13-14H2,1-2H3,(H2,22,23,26). The quantitative estimate of drug-likeness (QED) is 0.575. The molecule has 2 aromatic rings. The van der Waals surface area contributed by atoms with Gasteiger partial charge < -0.3 is 19.9 Å². The summed E-state index contributed by atoms with van der Waals surface area (Å²) in [7, 11) is 0. The Kier molecular flexibility index (Phi) is 7.28. The maximum atomic E-state index is 12.1. The molecule has 28 heavy (non-hydrogen) atoms. The van der Waals surface area contributed by atoms with Gasteiger partial charge in [-0.2, -0.15) is 4.98 Å². The lowest BCUT2D eigenvalue weighted by Gasteiger charge is -2.15. The van der Waals surface area contributed by atoms with Crippen LogP contribution in [0.5, 0.6) is 5.75 Å². The number of anilines is 1. The minimum Gasteiger partial charge on any atom is -0.485 e. The predicted molar refractivity (Wildman–Crippen MR) is 107 cm³/mol. The first-order valence-corrected chi connectivity index (χ1v) is 10.3. The Morgan fingerprint density at radius 1 is 1.29 bits per heavy atom. The third-order valence-electron chi connectivity index (χ3n) is 4.99. The number of ether oxygens (including phenoxy) is 1. The predicted octanol–water partition coefficient (Wildman–Crippen LogP) is 4.86. The average Bonchev–Trinajstić information content (AvgIpc) is 3.46. The fraction of sp³-hybridized carbons (Fsp3) is 0.571. The number of hydrogen-bond acceptors (Lipinski definition) is 5. The SMILES string of the molecule is CCCCC(CC)CNC(=O)Nc1ccc(OCc2noc(C3CC3)n2)cc1. The number of unbranched alkanes of at least 4 members (excludes halogenated alkanes) is 1. The summed E-state index contributed by atoms with van der Waals surface area (Å²) in [6, 6.07) is 7.08. The van der Waals surface area contributed by atoms with E-state index < -0.39 is 0 Å². The lowest BCUT2D eigenvalue weighted by molar-refractivity contribution is 0.249. The van der Waals surface area contributed by atoms with Crippen molar-refractivity contribution in [1.82, 2.24) is 15.5 Å². The number of aromatic nitrogens is 2. The maximum Gasteiger partial charge on any atom is 0.319 e. The van der Waals surface area contributed by atoms with Crippen molar-refractivity contribution in [3.8, 4) is 5.75 Å². The van der Waals surface area contributed by atoms with Gasteiger partial charge in [-0.25, -0.2) is 4.79 Å². The highest BCUT2D eigenvalue weighted by Crippen LogP contribution is 2.38. The van der Waals surface area contributed by atoms with E-state index in [1.165, 1.54) is 12.8 Å². The van der Waals surface area contributed by atoms with E-state index in [2.05, 4.69) is 34.6 Å². The van der Waals surface area contributed by atoms with Crippen molar-refractivity contribution in [2.75, 3.05) is 11.9 Å². The molecule has 2 amide bonds. The van der Waals surface area contributed by atoms with Crippen LogP contribution < -0.4 is 15.4 Å². The lowest BCUT2D eigenvalue weighted by Crippen LogP contribution is -2.33. The second-order valence-corrected chi connectivity index (χ2v) is 7.39. The molecule has 0 saturated heterocycles. The summed E-state index contributed by atoms with van der Waals surface area (Å²) in [5, 5.41) is 9.75. The first-order chi connectivity index (χ1) is 13.7. The Bertz CT molecular complexity index is 740. The van der Waals surface area contributed by atoms with E-state index in [4.69, 9.17) is 9.26 Å². The molecule has 0 spiro atoms. The molecule has 1 aliphatic carbocycles. The Morgan fingerprint density at radius 2 is 2.07 bits per heavy atom. The molecule has 152 valence electrons. The highest BCUT2D eigenvalue weighted by Gasteiger charge is 2.29. The van der Waals surface area contributed by atoms with Crippen molar-refractivity contribution in [2.45, 2.75) is 64.9 Å². The molecule has 1 fully saturated rings. The van der Waals surface area contributed by atoms with Crippen LogP contribution in [-0.2, 0) is 6.61 Å². The van der Waals surface area contributed by atoms with Crippen LogP contribution in [0.3, 0.4) is 0 Å². The molecule has 3 rings (SSSR count). The van der Waals surface area contributed by atoms with Crippen molar-refractivity contribution >= 4 is 11.7 Å². The molecule has 7 nitrogen and oxygen atoms in total. The van der Waals surface area contributed by atoms with Gasteiger partial charge in [0.2, 0.25) is 11.7 Å². The van der Waals surface area contributed by atoms with E-state index >= 15 is 0 Å². The van der Waals surface area contributed by atoms with Gasteiger partial charge in [0.25, 0.3) is 0 Å². The number of nitrogens with zero attached hydrogens (tertiary/aromatic N) is 2. The molecule has 1 aromatic heterocycles. The summed E-state index contributed by atoms with van der Waals surface area (Å²) in [6.07, 6.45) is 6.88. The van der Waals surface area contributed by atoms with Crippen LogP contribution in [0.15, 0.2) is 28.8 Å². The zero-order valence-electron chi connectivity index (χ0n) is 16.7. The van der Waals surface area contributed by atoms with E-state index in [0.29, 0.717) is 35.8 Å². The van der Waals surface area contributed by atoms with Gasteiger partial charge in [0.05, 0.1) is 0 Å². The molecule has 1 saturated carbocycles. The van der Waals surface area contributed by atoms with Gasteiger partial charge in [0.1, 0.15) is 5.75 Å². The number of urea groups is 1. The molecule has 1 aliphatic rings. The Balaban J connectivity index is 1.39. The van der Waals surface area contributed by atoms with Crippen molar-refractivity contribution in [3.05, 3.63) is 36.0 Å². The molecule has 2 N–H and O–H groups in total. The van der Waals surface area contributed by atoms with Crippen LogP contribution in [0.2, 0.25) is 0 Å². The van der Waals surface area contributed by atoms with E-state index in [1.54, 1.807) is 0 Å². The summed E-state index contributed by atoms with van der Waals surface area (Å²) in [4.78, 5) is 16.4. The molecule has 0 radical (unpaired) electrons. The average molecular weight is 386 g/mol. The number of hydrogen-bond donors (Lipinski definition) is 2. The maximum absolute atomic E-state index is 12.1. The van der Waals surface area contributed by atoms with E-state index in [-0.39, 0.29) is 12.6 Å². The molecule has 1 aromatic carbocycles. The molecule has 7 heteroatoms. The van der Waals surface area contributed by atoms with Gasteiger partial charge in [-0.05, 0) is 49.4 Å². The second kappa shape index (κ2) is 10.1. The van der Waals surface area contributed by atoms with E-state index in [1.807, 2.05) is 24.3 Å². The first-order valence-electron chi connectivity index (χ1n) is 10.3. The van der Waals surface area contributed by atoms with Crippen LogP contribution >= 0.6 is 0 Å².